The van der Waals surface area contributed by atoms with Gasteiger partial charge < -0.3 is 26.1 Å². The van der Waals surface area contributed by atoms with Crippen LogP contribution in [0.2, 0.25) is 0 Å². The third-order valence-corrected chi connectivity index (χ3v) is 4.23. The number of amides is 1. The molecule has 1 aromatic carbocycles. The lowest BCUT2D eigenvalue weighted by atomic mass is 10.1. The molecule has 7 nitrogen and oxygen atoms in total. The van der Waals surface area contributed by atoms with E-state index < -0.39 is 5.91 Å². The van der Waals surface area contributed by atoms with E-state index in [1.54, 1.807) is 12.3 Å². The molecule has 1 atom stereocenters. The molecule has 128 valence electrons. The first-order valence-electron chi connectivity index (χ1n) is 7.90. The van der Waals surface area contributed by atoms with Crippen LogP contribution in [0.3, 0.4) is 0 Å². The molecule has 1 amide bonds. The number of hydrogen-bond acceptors (Lipinski definition) is 6. The molecule has 0 fully saturated rings. The largest absolute Gasteiger partial charge is 0.488 e. The summed E-state index contributed by atoms with van der Waals surface area (Å²) in [6, 6.07) is 2.91. The molecule has 3 aliphatic rings. The Hall–Kier alpha value is -3.16. The average Bonchev–Trinajstić information content (AvgIpc) is 3.01. The lowest BCUT2D eigenvalue weighted by molar-refractivity contribution is -0.117. The third-order valence-electron chi connectivity index (χ3n) is 4.23. The minimum atomic E-state index is -0.416. The minimum absolute atomic E-state index is 0.128. The minimum Gasteiger partial charge on any atom is -0.488 e. The molecule has 25 heavy (non-hydrogen) atoms. The fraction of sp³-hybridized carbons (Fsp3) is 0.235. The summed E-state index contributed by atoms with van der Waals surface area (Å²) in [7, 11) is 0. The quantitative estimate of drug-likeness (QED) is 0.566. The highest BCUT2D eigenvalue weighted by Crippen LogP contribution is 2.33. The summed E-state index contributed by atoms with van der Waals surface area (Å²) in [6.07, 6.45) is 4.55. The molecule has 8 heteroatoms. The van der Waals surface area contributed by atoms with Crippen LogP contribution < -0.4 is 20.7 Å². The zero-order valence-electron chi connectivity index (χ0n) is 13.2. The zero-order valence-corrected chi connectivity index (χ0v) is 13.2. The number of nitrogens with zero attached hydrogens (tertiary/aromatic N) is 1. The Kier molecular flexibility index (Phi) is 3.72. The number of benzene rings is 1. The van der Waals surface area contributed by atoms with Gasteiger partial charge in [0.25, 0.3) is 5.91 Å². The molecule has 0 saturated carbocycles. The molecule has 0 aliphatic carbocycles. The Morgan fingerprint density at radius 2 is 2.16 bits per heavy atom. The van der Waals surface area contributed by atoms with E-state index in [0.29, 0.717) is 30.1 Å². The summed E-state index contributed by atoms with van der Waals surface area (Å²) < 4.78 is 19.8. The molecule has 1 unspecified atom stereocenters. The second-order valence-electron chi connectivity index (χ2n) is 5.94. The number of ether oxygens (including phenoxy) is 1. The van der Waals surface area contributed by atoms with Crippen LogP contribution in [-0.2, 0) is 17.8 Å². The maximum atomic E-state index is 13.9. The fourth-order valence-electron chi connectivity index (χ4n) is 3.07. The van der Waals surface area contributed by atoms with Crippen molar-refractivity contribution in [2.45, 2.75) is 19.1 Å². The van der Waals surface area contributed by atoms with Crippen molar-refractivity contribution in [3.05, 3.63) is 52.7 Å². The van der Waals surface area contributed by atoms with Crippen LogP contribution in [0.25, 0.3) is 0 Å². The highest BCUT2D eigenvalue weighted by Gasteiger charge is 2.28. The maximum absolute atomic E-state index is 13.9. The maximum Gasteiger partial charge on any atom is 0.256 e. The number of amidine groups is 1. The second-order valence-corrected chi connectivity index (χ2v) is 5.94. The predicted octanol–water partition coefficient (Wildman–Crippen LogP) is 0.725. The molecule has 0 radical (unpaired) electrons. The van der Waals surface area contributed by atoms with Crippen molar-refractivity contribution in [3.8, 4) is 5.75 Å². The van der Waals surface area contributed by atoms with E-state index in [4.69, 9.17) is 10.1 Å². The van der Waals surface area contributed by atoms with Crippen molar-refractivity contribution >= 4 is 18.0 Å². The van der Waals surface area contributed by atoms with Gasteiger partial charge in [0.2, 0.25) is 0 Å². The predicted molar refractivity (Wildman–Crippen MR) is 89.9 cm³/mol. The van der Waals surface area contributed by atoms with E-state index >= 15 is 0 Å². The van der Waals surface area contributed by atoms with Crippen molar-refractivity contribution in [1.29, 1.82) is 5.41 Å². The van der Waals surface area contributed by atoms with Gasteiger partial charge in [0.15, 0.2) is 0 Å². The first-order chi connectivity index (χ1) is 12.1. The van der Waals surface area contributed by atoms with Gasteiger partial charge in [-0.25, -0.2) is 9.38 Å². The number of nitrogens with one attached hydrogen (secondary N) is 4. The van der Waals surface area contributed by atoms with Crippen molar-refractivity contribution in [2.75, 3.05) is 6.54 Å². The van der Waals surface area contributed by atoms with Gasteiger partial charge in [-0.15, -0.1) is 0 Å². The molecular weight excluding hydrogens is 325 g/mol. The van der Waals surface area contributed by atoms with Crippen LogP contribution in [0.1, 0.15) is 11.1 Å². The molecule has 3 heterocycles. The Morgan fingerprint density at radius 3 is 3.00 bits per heavy atom. The number of carbonyl (C=O) groups is 1. The van der Waals surface area contributed by atoms with E-state index in [1.807, 2.05) is 0 Å². The zero-order chi connectivity index (χ0) is 17.4. The normalized spacial score (nSPS) is 24.4. The molecule has 0 aromatic heterocycles. The average molecular weight is 341 g/mol. The second kappa shape index (κ2) is 6.04. The van der Waals surface area contributed by atoms with Gasteiger partial charge in [0.05, 0.1) is 12.1 Å². The summed E-state index contributed by atoms with van der Waals surface area (Å²) in [5.41, 5.74) is 1.62. The highest BCUT2D eigenvalue weighted by molar-refractivity contribution is 6.12. The summed E-state index contributed by atoms with van der Waals surface area (Å²) in [5.74, 6) is 0.719. The Balaban J connectivity index is 1.75. The SMILES string of the molecule is N=C/C1=C2/N=C(C=CN2)NCc2cc(F)cc3c2OC(CNC1=O)C3. The van der Waals surface area contributed by atoms with E-state index in [2.05, 4.69) is 20.9 Å². The van der Waals surface area contributed by atoms with E-state index in [9.17, 15) is 9.18 Å². The van der Waals surface area contributed by atoms with Crippen LogP contribution in [0.15, 0.2) is 40.8 Å². The van der Waals surface area contributed by atoms with Crippen molar-refractivity contribution in [2.24, 2.45) is 4.99 Å². The first kappa shape index (κ1) is 15.4. The Labute approximate surface area is 143 Å². The monoisotopic (exact) mass is 341 g/mol. The van der Waals surface area contributed by atoms with Crippen LogP contribution >= 0.6 is 0 Å². The van der Waals surface area contributed by atoms with Gasteiger partial charge in [0, 0.05) is 36.5 Å². The molecule has 0 saturated heterocycles. The lowest BCUT2D eigenvalue weighted by Crippen LogP contribution is -2.36. The number of hydrogen-bond donors (Lipinski definition) is 4. The molecule has 0 spiro atoms. The molecule has 1 aromatic rings. The molecule has 4 rings (SSSR count). The molecular formula is C17H16FN5O2. The smallest absolute Gasteiger partial charge is 0.256 e. The Morgan fingerprint density at radius 1 is 1.32 bits per heavy atom. The van der Waals surface area contributed by atoms with Gasteiger partial charge in [-0.05, 0) is 18.2 Å². The van der Waals surface area contributed by atoms with Crippen molar-refractivity contribution in [3.63, 3.8) is 0 Å². The molecule has 4 bridgehead atoms. The summed E-state index contributed by atoms with van der Waals surface area (Å²) >= 11 is 0. The van der Waals surface area contributed by atoms with Crippen molar-refractivity contribution in [1.82, 2.24) is 16.0 Å². The van der Waals surface area contributed by atoms with Gasteiger partial charge in [-0.1, -0.05) is 0 Å². The van der Waals surface area contributed by atoms with E-state index in [0.717, 1.165) is 11.8 Å². The van der Waals surface area contributed by atoms with Crippen molar-refractivity contribution < 1.29 is 13.9 Å². The Bertz CT molecular complexity index is 859. The van der Waals surface area contributed by atoms with Gasteiger partial charge >= 0.3 is 0 Å². The lowest BCUT2D eigenvalue weighted by Gasteiger charge is -2.15. The fourth-order valence-corrected chi connectivity index (χ4v) is 3.07. The van der Waals surface area contributed by atoms with Crippen LogP contribution in [-0.4, -0.2) is 30.6 Å². The van der Waals surface area contributed by atoms with E-state index in [-0.39, 0.29) is 29.9 Å². The third kappa shape index (κ3) is 2.86. The summed E-state index contributed by atoms with van der Waals surface area (Å²) in [6.45, 7) is 0.601. The van der Waals surface area contributed by atoms with Gasteiger partial charge in [-0.3, -0.25) is 4.79 Å². The van der Waals surface area contributed by atoms with Gasteiger partial charge in [-0.2, -0.15) is 0 Å². The molecule has 3 aliphatic heterocycles. The number of fused-ring (bicyclic) bond motifs is 2. The van der Waals surface area contributed by atoms with E-state index in [1.165, 1.54) is 12.1 Å². The number of rotatable bonds is 1. The number of carbonyl (C=O) groups excluding carboxylic acids is 1. The standard InChI is InChI=1S/C17H16FN5O2/c18-11-3-9-5-12-8-22-17(24)13(6-19)16-20-2-1-14(23-16)21-7-10(4-11)15(9)25-12/h1-4,6,12,19-20H,5,7-8H2,(H,21,23)(H,22,24)/b16-13-,19-6?. The number of aliphatic imine (C=N–C) groups is 1. The molecule has 4 N–H and O–H groups in total. The summed E-state index contributed by atoms with van der Waals surface area (Å²) in [4.78, 5) is 16.7. The van der Waals surface area contributed by atoms with Crippen LogP contribution in [0.4, 0.5) is 4.39 Å². The van der Waals surface area contributed by atoms with Crippen LogP contribution in [0.5, 0.6) is 5.75 Å². The first-order valence-corrected chi connectivity index (χ1v) is 7.90. The highest BCUT2D eigenvalue weighted by atomic mass is 19.1. The topological polar surface area (TPSA) is 98.6 Å². The van der Waals surface area contributed by atoms with Crippen LogP contribution in [0, 0.1) is 11.2 Å². The number of halogens is 1. The van der Waals surface area contributed by atoms with Gasteiger partial charge in [0.1, 0.15) is 29.3 Å². The summed E-state index contributed by atoms with van der Waals surface area (Å²) in [5, 5.41) is 16.3.